The second-order valence-electron chi connectivity index (χ2n) is 5.18. The van der Waals surface area contributed by atoms with Crippen LogP contribution in [-0.2, 0) is 20.7 Å². The van der Waals surface area contributed by atoms with Gasteiger partial charge in [-0.25, -0.2) is 0 Å². The van der Waals surface area contributed by atoms with Gasteiger partial charge in [-0.2, -0.15) is 11.3 Å². The van der Waals surface area contributed by atoms with Gasteiger partial charge in [0, 0.05) is 6.07 Å². The lowest BCUT2D eigenvalue weighted by Crippen LogP contribution is -2.22. The van der Waals surface area contributed by atoms with Crippen molar-refractivity contribution in [3.8, 4) is 0 Å². The van der Waals surface area contributed by atoms with Crippen LogP contribution < -0.4 is 5.32 Å². The minimum atomic E-state index is -0.620. The number of nitro groups is 1. The fourth-order valence-corrected chi connectivity index (χ4v) is 2.71. The maximum absolute atomic E-state index is 11.9. The fourth-order valence-electron chi connectivity index (χ4n) is 2.04. The first-order chi connectivity index (χ1) is 11.4. The van der Waals surface area contributed by atoms with Crippen LogP contribution in [0, 0.1) is 24.0 Å². The molecule has 0 radical (unpaired) electrons. The van der Waals surface area contributed by atoms with E-state index in [2.05, 4.69) is 5.32 Å². The molecule has 1 aromatic carbocycles. The highest BCUT2D eigenvalue weighted by atomic mass is 32.1. The molecule has 0 aliphatic rings. The Hall–Kier alpha value is -2.74. The summed E-state index contributed by atoms with van der Waals surface area (Å²) in [6.45, 7) is 2.98. The van der Waals surface area contributed by atoms with E-state index in [0.717, 1.165) is 11.1 Å². The zero-order valence-corrected chi connectivity index (χ0v) is 14.0. The summed E-state index contributed by atoms with van der Waals surface area (Å²) in [5, 5.41) is 17.2. The van der Waals surface area contributed by atoms with Gasteiger partial charge in [0.15, 0.2) is 6.61 Å². The highest BCUT2D eigenvalue weighted by molar-refractivity contribution is 7.07. The summed E-state index contributed by atoms with van der Waals surface area (Å²) in [5.74, 6) is -1.15. The molecule has 8 heteroatoms. The Morgan fingerprint density at radius 1 is 1.29 bits per heavy atom. The van der Waals surface area contributed by atoms with Gasteiger partial charge in [-0.05, 0) is 47.4 Å². The largest absolute Gasteiger partial charge is 0.455 e. The number of nitrogens with zero attached hydrogens (tertiary/aromatic N) is 1. The molecule has 1 N–H and O–H groups in total. The third-order valence-corrected chi connectivity index (χ3v) is 4.20. The zero-order valence-electron chi connectivity index (χ0n) is 13.2. The molecule has 0 fully saturated rings. The first-order valence-corrected chi connectivity index (χ1v) is 8.04. The highest BCUT2D eigenvalue weighted by Gasteiger charge is 2.20. The lowest BCUT2D eigenvalue weighted by Gasteiger charge is -2.11. The number of thiophene rings is 1. The first-order valence-electron chi connectivity index (χ1n) is 7.09. The molecule has 0 atom stereocenters. The monoisotopic (exact) mass is 348 g/mol. The fraction of sp³-hybridized carbons (Fsp3) is 0.250. The molecule has 24 heavy (non-hydrogen) atoms. The highest BCUT2D eigenvalue weighted by Crippen LogP contribution is 2.30. The van der Waals surface area contributed by atoms with Crippen LogP contribution in [0.25, 0.3) is 0 Å². The van der Waals surface area contributed by atoms with Gasteiger partial charge in [-0.1, -0.05) is 6.07 Å². The third kappa shape index (κ3) is 4.39. The molecule has 126 valence electrons. The van der Waals surface area contributed by atoms with Crippen LogP contribution in [0.1, 0.15) is 16.7 Å². The summed E-state index contributed by atoms with van der Waals surface area (Å²) in [5.41, 5.74) is 2.15. The van der Waals surface area contributed by atoms with Gasteiger partial charge >= 0.3 is 5.97 Å². The van der Waals surface area contributed by atoms with Crippen molar-refractivity contribution in [1.82, 2.24) is 0 Å². The van der Waals surface area contributed by atoms with Crippen molar-refractivity contribution in [2.45, 2.75) is 20.3 Å². The van der Waals surface area contributed by atoms with E-state index in [1.165, 1.54) is 17.4 Å². The average molecular weight is 348 g/mol. The van der Waals surface area contributed by atoms with E-state index >= 15 is 0 Å². The van der Waals surface area contributed by atoms with E-state index in [9.17, 15) is 19.7 Å². The van der Waals surface area contributed by atoms with E-state index in [1.807, 2.05) is 10.8 Å². The van der Waals surface area contributed by atoms with Crippen LogP contribution in [0.5, 0.6) is 0 Å². The van der Waals surface area contributed by atoms with E-state index in [0.29, 0.717) is 5.56 Å². The molecule has 0 aliphatic carbocycles. The topological polar surface area (TPSA) is 98.5 Å². The predicted octanol–water partition coefficient (Wildman–Crippen LogP) is 3.00. The quantitative estimate of drug-likeness (QED) is 0.491. The number of hydrogen-bond donors (Lipinski definition) is 1. The van der Waals surface area contributed by atoms with Crippen LogP contribution in [0.3, 0.4) is 0 Å². The Labute approximate surface area is 142 Å². The van der Waals surface area contributed by atoms with Crippen molar-refractivity contribution in [3.05, 3.63) is 55.8 Å². The number of anilines is 1. The molecule has 7 nitrogen and oxygen atoms in total. The van der Waals surface area contributed by atoms with E-state index in [4.69, 9.17) is 4.74 Å². The molecule has 1 aromatic heterocycles. The SMILES string of the molecule is Cc1ccc([N+](=O)[O-])c(NC(=O)COC(=O)Cc2ccsc2)c1C. The summed E-state index contributed by atoms with van der Waals surface area (Å²) in [4.78, 5) is 34.1. The minimum absolute atomic E-state index is 0.0837. The number of hydrogen-bond acceptors (Lipinski definition) is 6. The predicted molar refractivity (Wildman–Crippen MR) is 90.2 cm³/mol. The molecule has 1 heterocycles. The number of nitrogens with one attached hydrogen (secondary N) is 1. The van der Waals surface area contributed by atoms with Crippen molar-refractivity contribution in [3.63, 3.8) is 0 Å². The summed E-state index contributed by atoms with van der Waals surface area (Å²) in [6, 6.07) is 4.75. The minimum Gasteiger partial charge on any atom is -0.455 e. The molecule has 2 rings (SSSR count). The van der Waals surface area contributed by atoms with Gasteiger partial charge in [0.25, 0.3) is 11.6 Å². The normalized spacial score (nSPS) is 10.2. The lowest BCUT2D eigenvalue weighted by atomic mass is 10.1. The maximum Gasteiger partial charge on any atom is 0.310 e. The molecule has 0 saturated heterocycles. The van der Waals surface area contributed by atoms with Gasteiger partial charge in [0.05, 0.1) is 11.3 Å². The van der Waals surface area contributed by atoms with Crippen molar-refractivity contribution >= 4 is 34.6 Å². The van der Waals surface area contributed by atoms with E-state index in [1.54, 1.807) is 26.0 Å². The average Bonchev–Trinajstić information content (AvgIpc) is 3.02. The van der Waals surface area contributed by atoms with Crippen molar-refractivity contribution in [2.24, 2.45) is 0 Å². The van der Waals surface area contributed by atoms with Crippen molar-refractivity contribution in [2.75, 3.05) is 11.9 Å². The number of ether oxygens (including phenoxy) is 1. The number of aryl methyl sites for hydroxylation is 1. The second kappa shape index (κ2) is 7.69. The summed E-state index contributed by atoms with van der Waals surface area (Å²) < 4.78 is 4.90. The Morgan fingerprint density at radius 3 is 2.67 bits per heavy atom. The smallest absolute Gasteiger partial charge is 0.310 e. The van der Waals surface area contributed by atoms with Gasteiger partial charge in [-0.15, -0.1) is 0 Å². The molecule has 0 saturated carbocycles. The molecule has 2 aromatic rings. The zero-order chi connectivity index (χ0) is 17.7. The van der Waals surface area contributed by atoms with E-state index in [-0.39, 0.29) is 17.8 Å². The molecule has 0 aliphatic heterocycles. The molecule has 1 amide bonds. The van der Waals surface area contributed by atoms with Gasteiger partial charge in [0.1, 0.15) is 5.69 Å². The van der Waals surface area contributed by atoms with Crippen molar-refractivity contribution < 1.29 is 19.2 Å². The third-order valence-electron chi connectivity index (χ3n) is 3.47. The van der Waals surface area contributed by atoms with Crippen LogP contribution in [-0.4, -0.2) is 23.4 Å². The molecular weight excluding hydrogens is 332 g/mol. The molecule has 0 bridgehead atoms. The Kier molecular flexibility index (Phi) is 5.64. The van der Waals surface area contributed by atoms with Crippen LogP contribution >= 0.6 is 11.3 Å². The van der Waals surface area contributed by atoms with Gasteiger partial charge in [-0.3, -0.25) is 19.7 Å². The van der Waals surface area contributed by atoms with Crippen LogP contribution in [0.15, 0.2) is 29.0 Å². The van der Waals surface area contributed by atoms with Gasteiger partial charge < -0.3 is 10.1 Å². The van der Waals surface area contributed by atoms with E-state index < -0.39 is 23.4 Å². The number of rotatable bonds is 6. The first kappa shape index (κ1) is 17.6. The summed E-state index contributed by atoms with van der Waals surface area (Å²) in [6.07, 6.45) is 0.0837. The summed E-state index contributed by atoms with van der Waals surface area (Å²) >= 11 is 1.46. The number of esters is 1. The second-order valence-corrected chi connectivity index (χ2v) is 5.96. The molecular formula is C16H16N2O5S. The van der Waals surface area contributed by atoms with Crippen molar-refractivity contribution in [1.29, 1.82) is 0 Å². The lowest BCUT2D eigenvalue weighted by molar-refractivity contribution is -0.384. The summed E-state index contributed by atoms with van der Waals surface area (Å²) in [7, 11) is 0. The Morgan fingerprint density at radius 2 is 2.04 bits per heavy atom. The number of benzene rings is 1. The number of amides is 1. The van der Waals surface area contributed by atoms with Crippen LogP contribution in [0.2, 0.25) is 0 Å². The number of carbonyl (C=O) groups excluding carboxylic acids is 2. The molecule has 0 spiro atoms. The van der Waals surface area contributed by atoms with Crippen LogP contribution in [0.4, 0.5) is 11.4 Å². The number of carbonyl (C=O) groups is 2. The van der Waals surface area contributed by atoms with Gasteiger partial charge in [0.2, 0.25) is 0 Å². The Balaban J connectivity index is 1.98. The standard InChI is InChI=1S/C16H16N2O5S/c1-10-3-4-13(18(21)22)16(11(10)2)17-14(19)8-23-15(20)7-12-5-6-24-9-12/h3-6,9H,7-8H2,1-2H3,(H,17,19). The molecule has 0 unspecified atom stereocenters. The number of nitro benzene ring substituents is 1. The Bertz CT molecular complexity index is 771. The maximum atomic E-state index is 11.9.